The SMILES string of the molecule is COC(=O)c1c(C)[nH]c(C(=O)[C@H](C)Oc2ccc(Cl)cc2[N+](=O)[O-])c1C. The van der Waals surface area contributed by atoms with Crippen LogP contribution in [0, 0.1) is 24.0 Å². The first-order chi connectivity index (χ1) is 12.2. The molecule has 0 bridgehead atoms. The highest BCUT2D eigenvalue weighted by Crippen LogP contribution is 2.31. The average Bonchev–Trinajstić information content (AvgIpc) is 2.89. The van der Waals surface area contributed by atoms with E-state index in [1.165, 1.54) is 26.2 Å². The van der Waals surface area contributed by atoms with Crippen molar-refractivity contribution in [3.8, 4) is 5.75 Å². The topological polar surface area (TPSA) is 112 Å². The molecular formula is C17H17ClN2O6. The summed E-state index contributed by atoms with van der Waals surface area (Å²) in [4.78, 5) is 37.9. The van der Waals surface area contributed by atoms with Crippen LogP contribution < -0.4 is 4.74 Å². The minimum absolute atomic E-state index is 0.0747. The fourth-order valence-corrected chi connectivity index (χ4v) is 2.75. The van der Waals surface area contributed by atoms with Crippen molar-refractivity contribution in [2.45, 2.75) is 26.9 Å². The highest BCUT2D eigenvalue weighted by molar-refractivity contribution is 6.30. The maximum Gasteiger partial charge on any atom is 0.339 e. The summed E-state index contributed by atoms with van der Waals surface area (Å²) >= 11 is 5.76. The van der Waals surface area contributed by atoms with E-state index in [1.54, 1.807) is 13.8 Å². The van der Waals surface area contributed by atoms with Crippen LogP contribution in [-0.2, 0) is 4.74 Å². The number of H-pyrrole nitrogens is 1. The lowest BCUT2D eigenvalue weighted by atomic mass is 10.1. The van der Waals surface area contributed by atoms with E-state index in [-0.39, 0.29) is 27.7 Å². The number of nitro benzene ring substituents is 1. The van der Waals surface area contributed by atoms with Crippen LogP contribution in [0.1, 0.15) is 39.0 Å². The van der Waals surface area contributed by atoms with E-state index in [0.717, 1.165) is 6.07 Å². The van der Waals surface area contributed by atoms with Gasteiger partial charge in [-0.1, -0.05) is 11.6 Å². The molecule has 0 aliphatic heterocycles. The molecule has 0 amide bonds. The van der Waals surface area contributed by atoms with Crippen molar-refractivity contribution in [2.24, 2.45) is 0 Å². The van der Waals surface area contributed by atoms with Gasteiger partial charge in [0.25, 0.3) is 0 Å². The molecule has 0 saturated carbocycles. The van der Waals surface area contributed by atoms with Gasteiger partial charge in [0.15, 0.2) is 11.9 Å². The Morgan fingerprint density at radius 2 is 1.96 bits per heavy atom. The monoisotopic (exact) mass is 380 g/mol. The fourth-order valence-electron chi connectivity index (χ4n) is 2.58. The molecule has 0 saturated heterocycles. The molecule has 9 heteroatoms. The van der Waals surface area contributed by atoms with E-state index in [0.29, 0.717) is 11.3 Å². The molecule has 8 nitrogen and oxygen atoms in total. The van der Waals surface area contributed by atoms with Crippen LogP contribution in [0.4, 0.5) is 5.69 Å². The van der Waals surface area contributed by atoms with Gasteiger partial charge >= 0.3 is 11.7 Å². The molecule has 1 N–H and O–H groups in total. The molecule has 0 radical (unpaired) electrons. The minimum atomic E-state index is -1.03. The first-order valence-corrected chi connectivity index (χ1v) is 7.97. The normalized spacial score (nSPS) is 11.7. The van der Waals surface area contributed by atoms with Crippen LogP contribution >= 0.6 is 11.6 Å². The number of aromatic nitrogens is 1. The number of benzene rings is 1. The zero-order valence-electron chi connectivity index (χ0n) is 14.6. The number of carbonyl (C=O) groups is 2. The predicted octanol–water partition coefficient (Wildman–Crippen LogP) is 3.63. The number of nitro groups is 1. The van der Waals surface area contributed by atoms with Gasteiger partial charge in [-0.05, 0) is 38.5 Å². The molecule has 26 heavy (non-hydrogen) atoms. The van der Waals surface area contributed by atoms with Gasteiger partial charge in [-0.25, -0.2) is 4.79 Å². The molecule has 1 atom stereocenters. The summed E-state index contributed by atoms with van der Waals surface area (Å²) < 4.78 is 10.2. The Morgan fingerprint density at radius 1 is 1.31 bits per heavy atom. The van der Waals surface area contributed by atoms with Crippen molar-refractivity contribution in [1.29, 1.82) is 0 Å². The van der Waals surface area contributed by atoms with Gasteiger partial charge in [0.05, 0.1) is 23.3 Å². The molecular weight excluding hydrogens is 364 g/mol. The van der Waals surface area contributed by atoms with Crippen molar-refractivity contribution < 1.29 is 24.0 Å². The number of aromatic amines is 1. The van der Waals surface area contributed by atoms with Crippen LogP contribution in [0.25, 0.3) is 0 Å². The molecule has 138 valence electrons. The number of nitrogens with one attached hydrogen (secondary N) is 1. The second kappa shape index (κ2) is 7.57. The predicted molar refractivity (Wildman–Crippen MR) is 94.1 cm³/mol. The van der Waals surface area contributed by atoms with Crippen molar-refractivity contribution in [3.05, 3.63) is 55.9 Å². The number of hydrogen-bond acceptors (Lipinski definition) is 6. The Morgan fingerprint density at radius 3 is 2.54 bits per heavy atom. The largest absolute Gasteiger partial charge is 0.475 e. The number of Topliss-reactive ketones (excluding diaryl/α,β-unsaturated/α-hetero) is 1. The smallest absolute Gasteiger partial charge is 0.339 e. The molecule has 0 aliphatic carbocycles. The molecule has 2 aromatic rings. The lowest BCUT2D eigenvalue weighted by molar-refractivity contribution is -0.386. The zero-order chi connectivity index (χ0) is 19.6. The third-order valence-electron chi connectivity index (χ3n) is 3.86. The number of ketones is 1. The van der Waals surface area contributed by atoms with E-state index >= 15 is 0 Å². The Hall–Kier alpha value is -2.87. The Balaban J connectivity index is 2.32. The summed E-state index contributed by atoms with van der Waals surface area (Å²) in [5.41, 5.74) is 1.04. The Bertz CT molecular complexity index is 890. The van der Waals surface area contributed by atoms with E-state index in [1.807, 2.05) is 0 Å². The zero-order valence-corrected chi connectivity index (χ0v) is 15.3. The maximum atomic E-state index is 12.7. The van der Waals surface area contributed by atoms with Crippen LogP contribution in [0.3, 0.4) is 0 Å². The summed E-state index contributed by atoms with van der Waals surface area (Å²) in [6.07, 6.45) is -1.03. The third kappa shape index (κ3) is 3.70. The van der Waals surface area contributed by atoms with E-state index < -0.39 is 22.8 Å². The number of hydrogen-bond donors (Lipinski definition) is 1. The fraction of sp³-hybridized carbons (Fsp3) is 0.294. The second-order valence-electron chi connectivity index (χ2n) is 5.61. The summed E-state index contributed by atoms with van der Waals surface area (Å²) in [5.74, 6) is -1.09. The summed E-state index contributed by atoms with van der Waals surface area (Å²) in [6, 6.07) is 3.91. The summed E-state index contributed by atoms with van der Waals surface area (Å²) in [7, 11) is 1.25. The highest BCUT2D eigenvalue weighted by Gasteiger charge is 2.28. The van der Waals surface area contributed by atoms with E-state index in [9.17, 15) is 19.7 Å². The van der Waals surface area contributed by atoms with Gasteiger partial charge in [-0.2, -0.15) is 0 Å². The molecule has 2 rings (SSSR count). The first-order valence-electron chi connectivity index (χ1n) is 7.59. The van der Waals surface area contributed by atoms with Crippen molar-refractivity contribution in [3.63, 3.8) is 0 Å². The van der Waals surface area contributed by atoms with Gasteiger partial charge in [0, 0.05) is 16.8 Å². The second-order valence-corrected chi connectivity index (χ2v) is 6.05. The molecule has 1 heterocycles. The number of ether oxygens (including phenoxy) is 2. The summed E-state index contributed by atoms with van der Waals surface area (Å²) in [6.45, 7) is 4.72. The van der Waals surface area contributed by atoms with Crippen LogP contribution in [0.15, 0.2) is 18.2 Å². The minimum Gasteiger partial charge on any atom is -0.475 e. The van der Waals surface area contributed by atoms with Gasteiger partial charge in [0.1, 0.15) is 0 Å². The maximum absolute atomic E-state index is 12.7. The third-order valence-corrected chi connectivity index (χ3v) is 4.10. The lowest BCUT2D eigenvalue weighted by Gasteiger charge is -2.13. The molecule has 1 aromatic heterocycles. The standard InChI is InChI=1S/C17H17ClN2O6/c1-8-14(17(22)25-4)9(2)19-15(8)16(21)10(3)26-13-6-5-11(18)7-12(13)20(23)24/h5-7,10,19H,1-4H3/t10-/m0/s1. The average molecular weight is 381 g/mol. The number of halogens is 1. The van der Waals surface area contributed by atoms with Crippen LogP contribution in [0.5, 0.6) is 5.75 Å². The molecule has 1 aromatic carbocycles. The quantitative estimate of drug-likeness (QED) is 0.354. The number of aryl methyl sites for hydroxylation is 1. The number of nitrogens with zero attached hydrogens (tertiary/aromatic N) is 1. The Kier molecular flexibility index (Phi) is 5.66. The Labute approximate surface area is 154 Å². The van der Waals surface area contributed by atoms with Crippen LogP contribution in [-0.4, -0.2) is 34.9 Å². The van der Waals surface area contributed by atoms with Gasteiger partial charge in [-0.15, -0.1) is 0 Å². The van der Waals surface area contributed by atoms with E-state index in [2.05, 4.69) is 4.98 Å². The lowest BCUT2D eigenvalue weighted by Crippen LogP contribution is -2.25. The van der Waals surface area contributed by atoms with Gasteiger partial charge in [0.2, 0.25) is 5.78 Å². The summed E-state index contributed by atoms with van der Waals surface area (Å²) in [5, 5.41) is 11.3. The number of methoxy groups -OCH3 is 1. The first kappa shape index (κ1) is 19.5. The van der Waals surface area contributed by atoms with Gasteiger partial charge < -0.3 is 14.5 Å². The molecule has 0 unspecified atom stereocenters. The van der Waals surface area contributed by atoms with Gasteiger partial charge in [-0.3, -0.25) is 14.9 Å². The van der Waals surface area contributed by atoms with E-state index in [4.69, 9.17) is 21.1 Å². The molecule has 0 spiro atoms. The highest BCUT2D eigenvalue weighted by atomic mass is 35.5. The number of rotatable bonds is 6. The number of esters is 1. The van der Waals surface area contributed by atoms with Crippen molar-refractivity contribution >= 4 is 29.0 Å². The molecule has 0 aliphatic rings. The number of carbonyl (C=O) groups excluding carboxylic acids is 2. The van der Waals surface area contributed by atoms with Crippen molar-refractivity contribution in [1.82, 2.24) is 4.98 Å². The molecule has 0 fully saturated rings. The van der Waals surface area contributed by atoms with Crippen LogP contribution in [0.2, 0.25) is 5.02 Å². The van der Waals surface area contributed by atoms with Crippen molar-refractivity contribution in [2.75, 3.05) is 7.11 Å².